The Hall–Kier alpha value is -0.420. The molecule has 1 aromatic heterocycles. The van der Waals surface area contributed by atoms with E-state index in [2.05, 4.69) is 11.5 Å². The van der Waals surface area contributed by atoms with Crippen LogP contribution < -0.4 is 11.3 Å². The van der Waals surface area contributed by atoms with Crippen molar-refractivity contribution in [3.63, 3.8) is 0 Å². The zero-order chi connectivity index (χ0) is 9.68. The Kier molecular flexibility index (Phi) is 4.38. The standard InChI is InChI=1S/C9H16N2OS/c1-3-12-7(2)9(11-10)8-5-4-6-13-8/h4-7,9,11H,3,10H2,1-2H3. The summed E-state index contributed by atoms with van der Waals surface area (Å²) in [4.78, 5) is 1.21. The average molecular weight is 200 g/mol. The molecule has 74 valence electrons. The molecule has 0 aliphatic rings. The van der Waals surface area contributed by atoms with Crippen LogP contribution in [0.3, 0.4) is 0 Å². The molecule has 1 rings (SSSR count). The van der Waals surface area contributed by atoms with E-state index in [4.69, 9.17) is 10.6 Å². The molecule has 0 amide bonds. The number of hydrazine groups is 1. The second-order valence-electron chi connectivity index (χ2n) is 2.82. The number of hydrogen-bond donors (Lipinski definition) is 2. The summed E-state index contributed by atoms with van der Waals surface area (Å²) in [7, 11) is 0. The Morgan fingerprint density at radius 2 is 2.46 bits per heavy atom. The Morgan fingerprint density at radius 1 is 1.69 bits per heavy atom. The second kappa shape index (κ2) is 5.34. The van der Waals surface area contributed by atoms with Crippen LogP contribution in [0, 0.1) is 0 Å². The van der Waals surface area contributed by atoms with Gasteiger partial charge in [-0.1, -0.05) is 6.07 Å². The smallest absolute Gasteiger partial charge is 0.0811 e. The van der Waals surface area contributed by atoms with E-state index >= 15 is 0 Å². The van der Waals surface area contributed by atoms with Gasteiger partial charge in [0.2, 0.25) is 0 Å². The predicted molar refractivity (Wildman–Crippen MR) is 55.5 cm³/mol. The first-order valence-electron chi connectivity index (χ1n) is 4.40. The number of nitrogens with two attached hydrogens (primary N) is 1. The fraction of sp³-hybridized carbons (Fsp3) is 0.556. The van der Waals surface area contributed by atoms with Gasteiger partial charge in [-0.15, -0.1) is 11.3 Å². The fourth-order valence-corrected chi connectivity index (χ4v) is 2.15. The summed E-state index contributed by atoms with van der Waals surface area (Å²) in [6.07, 6.45) is 0.105. The van der Waals surface area contributed by atoms with Crippen LogP contribution in [0.5, 0.6) is 0 Å². The third kappa shape index (κ3) is 2.77. The Labute approximate surface area is 82.9 Å². The Balaban J connectivity index is 2.62. The van der Waals surface area contributed by atoms with Crippen molar-refractivity contribution in [3.05, 3.63) is 22.4 Å². The first kappa shape index (κ1) is 10.7. The van der Waals surface area contributed by atoms with Crippen molar-refractivity contribution in [2.75, 3.05) is 6.61 Å². The van der Waals surface area contributed by atoms with Gasteiger partial charge in [0.05, 0.1) is 12.1 Å². The average Bonchev–Trinajstić information content (AvgIpc) is 2.59. The molecule has 0 radical (unpaired) electrons. The van der Waals surface area contributed by atoms with Crippen molar-refractivity contribution >= 4 is 11.3 Å². The highest BCUT2D eigenvalue weighted by Gasteiger charge is 2.18. The van der Waals surface area contributed by atoms with Gasteiger partial charge in [-0.25, -0.2) is 5.43 Å². The zero-order valence-corrected chi connectivity index (χ0v) is 8.80. The van der Waals surface area contributed by atoms with Gasteiger partial charge in [0, 0.05) is 11.5 Å². The predicted octanol–water partition coefficient (Wildman–Crippen LogP) is 1.68. The monoisotopic (exact) mass is 200 g/mol. The molecule has 0 saturated heterocycles. The van der Waals surface area contributed by atoms with Gasteiger partial charge in [-0.3, -0.25) is 5.84 Å². The van der Waals surface area contributed by atoms with Crippen LogP contribution in [0.2, 0.25) is 0 Å². The minimum Gasteiger partial charge on any atom is -0.377 e. The van der Waals surface area contributed by atoms with Crippen LogP contribution in [-0.4, -0.2) is 12.7 Å². The Bertz CT molecular complexity index is 226. The minimum absolute atomic E-state index is 0.0972. The van der Waals surface area contributed by atoms with E-state index in [0.29, 0.717) is 6.61 Å². The van der Waals surface area contributed by atoms with Crippen LogP contribution in [-0.2, 0) is 4.74 Å². The van der Waals surface area contributed by atoms with Crippen molar-refractivity contribution < 1.29 is 4.74 Å². The number of rotatable bonds is 5. The summed E-state index contributed by atoms with van der Waals surface area (Å²) >= 11 is 1.69. The summed E-state index contributed by atoms with van der Waals surface area (Å²) in [5, 5.41) is 2.04. The lowest BCUT2D eigenvalue weighted by atomic mass is 10.1. The highest BCUT2D eigenvalue weighted by atomic mass is 32.1. The number of hydrogen-bond acceptors (Lipinski definition) is 4. The second-order valence-corrected chi connectivity index (χ2v) is 3.80. The summed E-state index contributed by atoms with van der Waals surface area (Å²) < 4.78 is 5.48. The third-order valence-corrected chi connectivity index (χ3v) is 2.88. The highest BCUT2D eigenvalue weighted by molar-refractivity contribution is 7.10. The van der Waals surface area contributed by atoms with Crippen LogP contribution in [0.4, 0.5) is 0 Å². The molecule has 1 aromatic rings. The van der Waals surface area contributed by atoms with Crippen molar-refractivity contribution in [2.24, 2.45) is 5.84 Å². The highest BCUT2D eigenvalue weighted by Crippen LogP contribution is 2.22. The van der Waals surface area contributed by atoms with Crippen LogP contribution in [0.15, 0.2) is 17.5 Å². The molecule has 0 bridgehead atoms. The van der Waals surface area contributed by atoms with Crippen molar-refractivity contribution in [1.29, 1.82) is 0 Å². The molecule has 0 aliphatic heterocycles. The van der Waals surface area contributed by atoms with Crippen molar-refractivity contribution in [2.45, 2.75) is 26.0 Å². The third-order valence-electron chi connectivity index (χ3n) is 1.93. The molecule has 2 atom stereocenters. The van der Waals surface area contributed by atoms with Gasteiger partial charge in [0.1, 0.15) is 0 Å². The Morgan fingerprint density at radius 3 is 2.92 bits per heavy atom. The van der Waals surface area contributed by atoms with Gasteiger partial charge in [-0.05, 0) is 25.3 Å². The summed E-state index contributed by atoms with van der Waals surface area (Å²) in [5.41, 5.74) is 2.77. The van der Waals surface area contributed by atoms with E-state index in [1.807, 2.05) is 25.3 Å². The molecule has 3 N–H and O–H groups in total. The molecule has 1 heterocycles. The summed E-state index contributed by atoms with van der Waals surface area (Å²) in [6.45, 7) is 4.72. The lowest BCUT2D eigenvalue weighted by molar-refractivity contribution is 0.0482. The topological polar surface area (TPSA) is 47.3 Å². The minimum atomic E-state index is 0.0972. The quantitative estimate of drug-likeness (QED) is 0.561. The largest absolute Gasteiger partial charge is 0.377 e. The molecule has 0 fully saturated rings. The van der Waals surface area contributed by atoms with Crippen molar-refractivity contribution in [1.82, 2.24) is 5.43 Å². The van der Waals surface area contributed by atoms with Gasteiger partial charge in [0.25, 0.3) is 0 Å². The van der Waals surface area contributed by atoms with E-state index in [1.165, 1.54) is 4.88 Å². The van der Waals surface area contributed by atoms with E-state index in [0.717, 1.165) is 0 Å². The van der Waals surface area contributed by atoms with Gasteiger partial charge in [0.15, 0.2) is 0 Å². The normalized spacial score (nSPS) is 15.6. The van der Waals surface area contributed by atoms with Gasteiger partial charge < -0.3 is 4.74 Å². The zero-order valence-electron chi connectivity index (χ0n) is 7.99. The fourth-order valence-electron chi connectivity index (χ4n) is 1.28. The molecular weight excluding hydrogens is 184 g/mol. The molecule has 2 unspecified atom stereocenters. The maximum atomic E-state index is 5.48. The molecule has 0 saturated carbocycles. The van der Waals surface area contributed by atoms with E-state index < -0.39 is 0 Å². The number of nitrogens with one attached hydrogen (secondary N) is 1. The molecule has 0 aliphatic carbocycles. The molecular formula is C9H16N2OS. The first-order valence-corrected chi connectivity index (χ1v) is 5.28. The van der Waals surface area contributed by atoms with E-state index in [-0.39, 0.29) is 12.1 Å². The summed E-state index contributed by atoms with van der Waals surface area (Å²) in [6, 6.07) is 4.17. The SMILES string of the molecule is CCOC(C)C(NN)c1cccs1. The van der Waals surface area contributed by atoms with Crippen LogP contribution in [0.1, 0.15) is 24.8 Å². The maximum absolute atomic E-state index is 5.48. The lowest BCUT2D eigenvalue weighted by Crippen LogP contribution is -2.36. The summed E-state index contributed by atoms with van der Waals surface area (Å²) in [5.74, 6) is 5.47. The molecule has 4 heteroatoms. The lowest BCUT2D eigenvalue weighted by Gasteiger charge is -2.21. The van der Waals surface area contributed by atoms with Crippen LogP contribution >= 0.6 is 11.3 Å². The van der Waals surface area contributed by atoms with E-state index in [9.17, 15) is 0 Å². The van der Waals surface area contributed by atoms with E-state index in [1.54, 1.807) is 11.3 Å². The maximum Gasteiger partial charge on any atom is 0.0811 e. The number of ether oxygens (including phenoxy) is 1. The first-order chi connectivity index (χ1) is 6.29. The van der Waals surface area contributed by atoms with Gasteiger partial charge in [-0.2, -0.15) is 0 Å². The molecule has 3 nitrogen and oxygen atoms in total. The molecule has 13 heavy (non-hydrogen) atoms. The van der Waals surface area contributed by atoms with Crippen molar-refractivity contribution in [3.8, 4) is 0 Å². The molecule has 0 aromatic carbocycles. The van der Waals surface area contributed by atoms with Crippen LogP contribution in [0.25, 0.3) is 0 Å². The number of thiophene rings is 1. The molecule has 0 spiro atoms. The van der Waals surface area contributed by atoms with Gasteiger partial charge >= 0.3 is 0 Å².